The number of nitrogens with zero attached hydrogens (tertiary/aromatic N) is 5. The van der Waals surface area contributed by atoms with Crippen LogP contribution in [0, 0.1) is 0 Å². The third kappa shape index (κ3) is 3.72. The molecular weight excluding hydrogens is 420 g/mol. The second kappa shape index (κ2) is 8.19. The predicted molar refractivity (Wildman–Crippen MR) is 117 cm³/mol. The average Bonchev–Trinajstić information content (AvgIpc) is 3.52. The van der Waals surface area contributed by atoms with Gasteiger partial charge >= 0.3 is 0 Å². The second-order valence-electron chi connectivity index (χ2n) is 7.20. The minimum atomic E-state index is -0.115. The van der Waals surface area contributed by atoms with Gasteiger partial charge in [0.15, 0.2) is 0 Å². The summed E-state index contributed by atoms with van der Waals surface area (Å²) in [6, 6.07) is 10.1. The van der Waals surface area contributed by atoms with Crippen LogP contribution in [0.25, 0.3) is 20.7 Å². The van der Waals surface area contributed by atoms with E-state index in [-0.39, 0.29) is 5.56 Å². The molecule has 0 atom stereocenters. The first kappa shape index (κ1) is 19.3. The Bertz CT molecular complexity index is 1220. The van der Waals surface area contributed by atoms with Crippen molar-refractivity contribution >= 4 is 33.3 Å². The molecule has 0 saturated heterocycles. The lowest BCUT2D eigenvalue weighted by Crippen LogP contribution is -2.11. The number of methoxy groups -OCH3 is 1. The second-order valence-corrected chi connectivity index (χ2v) is 9.19. The molecule has 3 heterocycles. The molecule has 0 spiro atoms. The number of aromatic nitrogens is 6. The van der Waals surface area contributed by atoms with Gasteiger partial charge in [-0.1, -0.05) is 24.6 Å². The number of thioether (sulfide) groups is 1. The molecule has 30 heavy (non-hydrogen) atoms. The Morgan fingerprint density at radius 3 is 2.83 bits per heavy atom. The standard InChI is InChI=1S/C20H20N6O2S2/c1-28-14-8-6-12(7-9-14)16-10-15-18(30-16)19(27)22-17(21-15)11-29-20-23-24-25-26(20)13-4-2-3-5-13/h6-10,13H,2-5,11H2,1H3,(H,21,22,27). The molecular formula is C20H20N6O2S2. The highest BCUT2D eigenvalue weighted by atomic mass is 32.2. The Morgan fingerprint density at radius 1 is 1.27 bits per heavy atom. The Balaban J connectivity index is 1.38. The summed E-state index contributed by atoms with van der Waals surface area (Å²) in [6.45, 7) is 0. The van der Waals surface area contributed by atoms with E-state index < -0.39 is 0 Å². The normalized spacial score (nSPS) is 14.6. The van der Waals surface area contributed by atoms with Gasteiger partial charge in [0.25, 0.3) is 5.56 Å². The van der Waals surface area contributed by atoms with Gasteiger partial charge in [-0.15, -0.1) is 16.4 Å². The van der Waals surface area contributed by atoms with Gasteiger partial charge < -0.3 is 9.72 Å². The van der Waals surface area contributed by atoms with Gasteiger partial charge in [-0.25, -0.2) is 9.67 Å². The summed E-state index contributed by atoms with van der Waals surface area (Å²) in [4.78, 5) is 21.2. The van der Waals surface area contributed by atoms with Crippen LogP contribution in [0.5, 0.6) is 5.75 Å². The van der Waals surface area contributed by atoms with Crippen molar-refractivity contribution in [3.05, 3.63) is 46.5 Å². The van der Waals surface area contributed by atoms with Crippen LogP contribution < -0.4 is 10.3 Å². The molecule has 0 bridgehead atoms. The fraction of sp³-hybridized carbons (Fsp3) is 0.350. The molecule has 1 saturated carbocycles. The number of fused-ring (bicyclic) bond motifs is 1. The first-order chi connectivity index (χ1) is 14.7. The monoisotopic (exact) mass is 440 g/mol. The summed E-state index contributed by atoms with van der Waals surface area (Å²) >= 11 is 2.95. The van der Waals surface area contributed by atoms with Crippen molar-refractivity contribution in [3.8, 4) is 16.2 Å². The Labute approximate surface area is 180 Å². The molecule has 0 unspecified atom stereocenters. The highest BCUT2D eigenvalue weighted by molar-refractivity contribution is 7.98. The summed E-state index contributed by atoms with van der Waals surface area (Å²) < 4.78 is 7.76. The number of nitrogens with one attached hydrogen (secondary N) is 1. The van der Waals surface area contributed by atoms with Gasteiger partial charge in [-0.05, 0) is 59.2 Å². The predicted octanol–water partition coefficient (Wildman–Crippen LogP) is 4.05. The Kier molecular flexibility index (Phi) is 5.26. The minimum Gasteiger partial charge on any atom is -0.497 e. The number of hydrogen-bond acceptors (Lipinski definition) is 8. The Morgan fingerprint density at radius 2 is 2.07 bits per heavy atom. The van der Waals surface area contributed by atoms with E-state index in [1.165, 1.54) is 35.9 Å². The lowest BCUT2D eigenvalue weighted by molar-refractivity contribution is 0.415. The van der Waals surface area contributed by atoms with Crippen LogP contribution in [0.3, 0.4) is 0 Å². The first-order valence-electron chi connectivity index (χ1n) is 9.79. The number of aromatic amines is 1. The van der Waals surface area contributed by atoms with Crippen molar-refractivity contribution in [1.29, 1.82) is 0 Å². The SMILES string of the molecule is COc1ccc(-c2cc3nc(CSc4nnnn4C4CCCC4)[nH]c(=O)c3s2)cc1. The fourth-order valence-electron chi connectivity index (χ4n) is 3.75. The number of benzene rings is 1. The maximum atomic E-state index is 12.6. The largest absolute Gasteiger partial charge is 0.497 e. The average molecular weight is 441 g/mol. The van der Waals surface area contributed by atoms with Crippen molar-refractivity contribution in [3.63, 3.8) is 0 Å². The molecule has 5 rings (SSSR count). The quantitative estimate of drug-likeness (QED) is 0.452. The van der Waals surface area contributed by atoms with E-state index in [1.807, 2.05) is 35.0 Å². The van der Waals surface area contributed by atoms with E-state index in [2.05, 4.69) is 25.5 Å². The number of thiophene rings is 1. The van der Waals surface area contributed by atoms with Crippen molar-refractivity contribution in [2.24, 2.45) is 0 Å². The fourth-order valence-corrected chi connectivity index (χ4v) is 5.56. The lowest BCUT2D eigenvalue weighted by Gasteiger charge is -2.10. The van der Waals surface area contributed by atoms with Gasteiger partial charge in [0.1, 0.15) is 16.3 Å². The van der Waals surface area contributed by atoms with E-state index in [0.717, 1.165) is 34.2 Å². The van der Waals surface area contributed by atoms with Crippen molar-refractivity contribution in [2.45, 2.75) is 42.6 Å². The van der Waals surface area contributed by atoms with Crippen molar-refractivity contribution in [1.82, 2.24) is 30.2 Å². The van der Waals surface area contributed by atoms with E-state index in [0.29, 0.717) is 27.8 Å². The molecule has 8 nitrogen and oxygen atoms in total. The van der Waals surface area contributed by atoms with Crippen LogP contribution >= 0.6 is 23.1 Å². The molecule has 3 aromatic heterocycles. The summed E-state index contributed by atoms with van der Waals surface area (Å²) in [5.74, 6) is 1.93. The molecule has 154 valence electrons. The number of tetrazole rings is 1. The summed E-state index contributed by atoms with van der Waals surface area (Å²) in [6.07, 6.45) is 4.66. The lowest BCUT2D eigenvalue weighted by atomic mass is 10.2. The van der Waals surface area contributed by atoms with Crippen LogP contribution in [-0.2, 0) is 5.75 Å². The third-order valence-electron chi connectivity index (χ3n) is 5.28. The maximum absolute atomic E-state index is 12.6. The molecule has 1 aliphatic rings. The molecule has 1 fully saturated rings. The molecule has 0 aliphatic heterocycles. The van der Waals surface area contributed by atoms with Gasteiger partial charge in [0.2, 0.25) is 5.16 Å². The molecule has 4 aromatic rings. The molecule has 0 amide bonds. The summed E-state index contributed by atoms with van der Waals surface area (Å²) in [5, 5.41) is 12.9. The van der Waals surface area contributed by atoms with Gasteiger partial charge in [-0.2, -0.15) is 0 Å². The van der Waals surface area contributed by atoms with E-state index in [9.17, 15) is 4.79 Å². The first-order valence-corrected chi connectivity index (χ1v) is 11.6. The zero-order valence-corrected chi connectivity index (χ0v) is 18.0. The van der Waals surface area contributed by atoms with Crippen LogP contribution in [0.2, 0.25) is 0 Å². The molecule has 0 radical (unpaired) electrons. The highest BCUT2D eigenvalue weighted by Crippen LogP contribution is 2.33. The molecule has 1 aromatic carbocycles. The summed E-state index contributed by atoms with van der Waals surface area (Å²) in [7, 11) is 1.64. The minimum absolute atomic E-state index is 0.115. The van der Waals surface area contributed by atoms with Crippen molar-refractivity contribution < 1.29 is 4.74 Å². The number of hydrogen-bond donors (Lipinski definition) is 1. The van der Waals surface area contributed by atoms with E-state index in [1.54, 1.807) is 7.11 Å². The van der Waals surface area contributed by atoms with Gasteiger partial charge in [0, 0.05) is 4.88 Å². The molecule has 1 aliphatic carbocycles. The van der Waals surface area contributed by atoms with Crippen LogP contribution in [0.15, 0.2) is 40.3 Å². The smallest absolute Gasteiger partial charge is 0.268 e. The summed E-state index contributed by atoms with van der Waals surface area (Å²) in [5.41, 5.74) is 1.63. The molecule has 1 N–H and O–H groups in total. The van der Waals surface area contributed by atoms with Crippen LogP contribution in [-0.4, -0.2) is 37.3 Å². The maximum Gasteiger partial charge on any atom is 0.268 e. The van der Waals surface area contributed by atoms with E-state index in [4.69, 9.17) is 4.74 Å². The van der Waals surface area contributed by atoms with Crippen molar-refractivity contribution in [2.75, 3.05) is 7.11 Å². The van der Waals surface area contributed by atoms with Crippen LogP contribution in [0.4, 0.5) is 0 Å². The van der Waals surface area contributed by atoms with Crippen LogP contribution in [0.1, 0.15) is 37.5 Å². The molecule has 10 heteroatoms. The number of rotatable bonds is 6. The van der Waals surface area contributed by atoms with Gasteiger partial charge in [-0.3, -0.25) is 4.79 Å². The third-order valence-corrected chi connectivity index (χ3v) is 7.39. The zero-order chi connectivity index (χ0) is 20.5. The number of H-pyrrole nitrogens is 1. The van der Waals surface area contributed by atoms with Gasteiger partial charge in [0.05, 0.1) is 24.4 Å². The van der Waals surface area contributed by atoms with E-state index >= 15 is 0 Å². The zero-order valence-electron chi connectivity index (χ0n) is 16.4. The highest BCUT2D eigenvalue weighted by Gasteiger charge is 2.22. The number of ether oxygens (including phenoxy) is 1. The Hall–Kier alpha value is -2.72. The topological polar surface area (TPSA) is 98.6 Å².